The molecule has 5 heteroatoms. The number of nitrogens with two attached hydrogens (primary N) is 1. The number of halogens is 3. The third kappa shape index (κ3) is 3.87. The van der Waals surface area contributed by atoms with Crippen molar-refractivity contribution in [1.82, 2.24) is 4.98 Å². The Bertz CT molecular complexity index is 339. The van der Waals surface area contributed by atoms with Crippen molar-refractivity contribution in [3.63, 3.8) is 0 Å². The molecule has 84 valence electrons. The molecule has 1 rings (SSSR count). The van der Waals surface area contributed by atoms with Crippen LogP contribution in [0.3, 0.4) is 0 Å². The molecule has 0 unspecified atom stereocenters. The Morgan fingerprint density at radius 2 is 1.87 bits per heavy atom. The fourth-order valence-corrected chi connectivity index (χ4v) is 1.27. The van der Waals surface area contributed by atoms with Gasteiger partial charge in [0.1, 0.15) is 0 Å². The minimum Gasteiger partial charge on any atom is -0.325 e. The Morgan fingerprint density at radius 1 is 1.27 bits per heavy atom. The van der Waals surface area contributed by atoms with Gasteiger partial charge in [-0.25, -0.2) is 0 Å². The van der Waals surface area contributed by atoms with E-state index in [1.807, 2.05) is 0 Å². The average molecular weight is 218 g/mol. The number of hydrogen-bond acceptors (Lipinski definition) is 2. The summed E-state index contributed by atoms with van der Waals surface area (Å²) >= 11 is 0. The summed E-state index contributed by atoms with van der Waals surface area (Å²) in [6, 6.07) is 1.08. The Kier molecular flexibility index (Phi) is 3.04. The summed E-state index contributed by atoms with van der Waals surface area (Å²) in [5.74, 6) is 0. The van der Waals surface area contributed by atoms with E-state index < -0.39 is 17.3 Å². The van der Waals surface area contributed by atoms with E-state index >= 15 is 0 Å². The van der Waals surface area contributed by atoms with Crippen molar-refractivity contribution in [2.24, 2.45) is 5.73 Å². The highest BCUT2D eigenvalue weighted by atomic mass is 19.4. The molecule has 2 nitrogen and oxygen atoms in total. The van der Waals surface area contributed by atoms with E-state index in [1.165, 1.54) is 6.20 Å². The first kappa shape index (κ1) is 12.0. The molecule has 0 aliphatic rings. The summed E-state index contributed by atoms with van der Waals surface area (Å²) < 4.78 is 37.0. The number of hydrogen-bond donors (Lipinski definition) is 1. The number of rotatable bonds is 2. The lowest BCUT2D eigenvalue weighted by Crippen LogP contribution is -2.34. The zero-order chi connectivity index (χ0) is 11.7. The second-order valence-corrected chi connectivity index (χ2v) is 4.24. The molecule has 0 fully saturated rings. The summed E-state index contributed by atoms with van der Waals surface area (Å²) in [7, 11) is 0. The van der Waals surface area contributed by atoms with E-state index in [9.17, 15) is 13.2 Å². The van der Waals surface area contributed by atoms with Crippen molar-refractivity contribution in [3.8, 4) is 0 Å². The van der Waals surface area contributed by atoms with Crippen molar-refractivity contribution >= 4 is 0 Å². The minimum absolute atomic E-state index is 0.365. The van der Waals surface area contributed by atoms with Crippen molar-refractivity contribution in [2.75, 3.05) is 0 Å². The summed E-state index contributed by atoms with van der Waals surface area (Å²) in [5.41, 5.74) is 4.95. The van der Waals surface area contributed by atoms with Crippen molar-refractivity contribution in [3.05, 3.63) is 29.6 Å². The van der Waals surface area contributed by atoms with Gasteiger partial charge in [0.05, 0.1) is 5.56 Å². The van der Waals surface area contributed by atoms with Crippen LogP contribution in [0.5, 0.6) is 0 Å². The van der Waals surface area contributed by atoms with Crippen molar-refractivity contribution in [1.29, 1.82) is 0 Å². The maximum atomic E-state index is 12.3. The van der Waals surface area contributed by atoms with Crippen LogP contribution in [0.2, 0.25) is 0 Å². The van der Waals surface area contributed by atoms with Gasteiger partial charge in [0.25, 0.3) is 0 Å². The molecule has 0 saturated carbocycles. The second-order valence-electron chi connectivity index (χ2n) is 4.24. The molecule has 1 aromatic rings. The van der Waals surface area contributed by atoms with Gasteiger partial charge in [0.15, 0.2) is 0 Å². The normalized spacial score (nSPS) is 12.9. The maximum absolute atomic E-state index is 12.3. The Labute approximate surface area is 86.3 Å². The van der Waals surface area contributed by atoms with E-state index in [0.717, 1.165) is 12.3 Å². The molecule has 0 radical (unpaired) electrons. The molecule has 0 bridgehead atoms. The minimum atomic E-state index is -4.35. The SMILES string of the molecule is CC(C)(N)Cc1cncc(C(F)(F)F)c1. The fraction of sp³-hybridized carbons (Fsp3) is 0.500. The zero-order valence-corrected chi connectivity index (χ0v) is 8.60. The van der Waals surface area contributed by atoms with Gasteiger partial charge in [0, 0.05) is 17.9 Å². The largest absolute Gasteiger partial charge is 0.417 e. The van der Waals surface area contributed by atoms with Gasteiger partial charge >= 0.3 is 6.18 Å². The van der Waals surface area contributed by atoms with Crippen LogP contribution in [0.15, 0.2) is 18.5 Å². The van der Waals surface area contributed by atoms with E-state index in [2.05, 4.69) is 4.98 Å². The lowest BCUT2D eigenvalue weighted by Gasteiger charge is -2.18. The quantitative estimate of drug-likeness (QED) is 0.827. The van der Waals surface area contributed by atoms with Crippen LogP contribution in [0.4, 0.5) is 13.2 Å². The van der Waals surface area contributed by atoms with Gasteiger partial charge in [0.2, 0.25) is 0 Å². The standard InChI is InChI=1S/C10H13F3N2/c1-9(2,14)4-7-3-8(6-15-5-7)10(11,12)13/h3,5-6H,4,14H2,1-2H3. The molecule has 0 saturated heterocycles. The number of pyridine rings is 1. The molecule has 0 aliphatic carbocycles. The first-order valence-electron chi connectivity index (χ1n) is 4.48. The van der Waals surface area contributed by atoms with Crippen molar-refractivity contribution < 1.29 is 13.2 Å². The van der Waals surface area contributed by atoms with Crippen LogP contribution < -0.4 is 5.73 Å². The van der Waals surface area contributed by atoms with Crippen LogP contribution >= 0.6 is 0 Å². The third-order valence-corrected chi connectivity index (χ3v) is 1.78. The zero-order valence-electron chi connectivity index (χ0n) is 8.60. The highest BCUT2D eigenvalue weighted by Gasteiger charge is 2.31. The van der Waals surface area contributed by atoms with Gasteiger partial charge < -0.3 is 5.73 Å². The first-order valence-corrected chi connectivity index (χ1v) is 4.48. The summed E-state index contributed by atoms with van der Waals surface area (Å²) in [5, 5.41) is 0. The topological polar surface area (TPSA) is 38.9 Å². The lowest BCUT2D eigenvalue weighted by atomic mass is 9.97. The number of alkyl halides is 3. The van der Waals surface area contributed by atoms with Gasteiger partial charge in [-0.2, -0.15) is 13.2 Å². The molecule has 1 heterocycles. The summed E-state index contributed by atoms with van der Waals surface area (Å²) in [4.78, 5) is 3.56. The van der Waals surface area contributed by atoms with E-state index in [-0.39, 0.29) is 0 Å². The average Bonchev–Trinajstić information content (AvgIpc) is 1.99. The highest BCUT2D eigenvalue weighted by molar-refractivity contribution is 5.22. The maximum Gasteiger partial charge on any atom is 0.417 e. The first-order chi connectivity index (χ1) is 6.68. The van der Waals surface area contributed by atoms with Crippen molar-refractivity contribution in [2.45, 2.75) is 32.0 Å². The van der Waals surface area contributed by atoms with Crippen LogP contribution in [0.1, 0.15) is 25.0 Å². The van der Waals surface area contributed by atoms with Crippen LogP contribution in [0, 0.1) is 0 Å². The molecular formula is C10H13F3N2. The lowest BCUT2D eigenvalue weighted by molar-refractivity contribution is -0.137. The van der Waals surface area contributed by atoms with E-state index in [1.54, 1.807) is 13.8 Å². The predicted molar refractivity (Wildman–Crippen MR) is 51.2 cm³/mol. The monoisotopic (exact) mass is 218 g/mol. The van der Waals surface area contributed by atoms with Crippen LogP contribution in [-0.4, -0.2) is 10.5 Å². The predicted octanol–water partition coefficient (Wildman–Crippen LogP) is 2.38. The Balaban J connectivity index is 2.94. The molecule has 0 atom stereocenters. The van der Waals surface area contributed by atoms with Crippen LogP contribution in [0.25, 0.3) is 0 Å². The highest BCUT2D eigenvalue weighted by Crippen LogP contribution is 2.29. The van der Waals surface area contributed by atoms with Gasteiger partial charge in [-0.15, -0.1) is 0 Å². The summed E-state index contributed by atoms with van der Waals surface area (Å²) in [6.07, 6.45) is -1.76. The number of nitrogens with zero attached hydrogens (tertiary/aromatic N) is 1. The third-order valence-electron chi connectivity index (χ3n) is 1.78. The molecule has 0 aliphatic heterocycles. The van der Waals surface area contributed by atoms with E-state index in [4.69, 9.17) is 5.73 Å². The molecule has 15 heavy (non-hydrogen) atoms. The van der Waals surface area contributed by atoms with Gasteiger partial charge in [-0.3, -0.25) is 4.98 Å². The van der Waals surface area contributed by atoms with Crippen LogP contribution in [-0.2, 0) is 12.6 Å². The molecule has 2 N–H and O–H groups in total. The molecule has 0 aromatic carbocycles. The molecular weight excluding hydrogens is 205 g/mol. The van der Waals surface area contributed by atoms with E-state index in [0.29, 0.717) is 12.0 Å². The fourth-order valence-electron chi connectivity index (χ4n) is 1.27. The Morgan fingerprint density at radius 3 is 2.33 bits per heavy atom. The molecule has 0 spiro atoms. The summed E-state index contributed by atoms with van der Waals surface area (Å²) in [6.45, 7) is 3.51. The Hall–Kier alpha value is -1.10. The van der Waals surface area contributed by atoms with Gasteiger partial charge in [-0.05, 0) is 31.9 Å². The smallest absolute Gasteiger partial charge is 0.325 e. The van der Waals surface area contributed by atoms with Gasteiger partial charge in [-0.1, -0.05) is 0 Å². The second kappa shape index (κ2) is 3.81. The molecule has 1 aromatic heterocycles. The number of aromatic nitrogens is 1. The molecule has 0 amide bonds.